The molecule has 10 nitrogen and oxygen atoms in total. The van der Waals surface area contributed by atoms with Crippen LogP contribution >= 0.6 is 0 Å². The van der Waals surface area contributed by atoms with Gasteiger partial charge in [-0.05, 0) is 53.6 Å². The van der Waals surface area contributed by atoms with Gasteiger partial charge in [0, 0.05) is 31.6 Å². The Kier molecular flexibility index (Phi) is 5.10. The molecule has 1 unspecified atom stereocenters. The van der Waals surface area contributed by atoms with E-state index < -0.39 is 0 Å². The van der Waals surface area contributed by atoms with Crippen LogP contribution in [-0.2, 0) is 7.05 Å². The van der Waals surface area contributed by atoms with Gasteiger partial charge in [0.2, 0.25) is 0 Å². The first-order valence-electron chi connectivity index (χ1n) is 10.5. The normalized spacial score (nSPS) is 16.3. The molecule has 0 bridgehead atoms. The average molecular weight is 430 g/mol. The van der Waals surface area contributed by atoms with Crippen LogP contribution in [0.3, 0.4) is 0 Å². The van der Waals surface area contributed by atoms with Gasteiger partial charge in [-0.2, -0.15) is 5.10 Å². The molecule has 0 spiro atoms. The number of aryl methyl sites for hydroxylation is 1. The van der Waals surface area contributed by atoms with Crippen LogP contribution in [0.25, 0.3) is 11.4 Å². The molecule has 1 saturated heterocycles. The highest BCUT2D eigenvalue weighted by atomic mass is 16.2. The maximum atomic E-state index is 13.3. The van der Waals surface area contributed by atoms with Gasteiger partial charge in [0.25, 0.3) is 5.91 Å². The standard InChI is InChI=1S/C22H22N8O2/c1-27-22(32)30(18-9-3-2-4-10-18)20(24-27)17-8-6-12-28(14-17)21(31)16-7-5-11-19(13-16)29-15-23-25-26-29/h2-5,7,9-11,13,15,17H,6,8,12,14H2,1H3. The molecule has 10 heteroatoms. The lowest BCUT2D eigenvalue weighted by atomic mass is 9.96. The summed E-state index contributed by atoms with van der Waals surface area (Å²) in [7, 11) is 1.65. The van der Waals surface area contributed by atoms with Crippen LogP contribution in [0.15, 0.2) is 65.7 Å². The molecule has 2 aromatic carbocycles. The molecule has 162 valence electrons. The summed E-state index contributed by atoms with van der Waals surface area (Å²) in [6.45, 7) is 1.16. The van der Waals surface area contributed by atoms with E-state index in [1.165, 1.54) is 15.7 Å². The van der Waals surface area contributed by atoms with E-state index in [0.29, 0.717) is 24.5 Å². The number of rotatable bonds is 4. The van der Waals surface area contributed by atoms with Crippen molar-refractivity contribution < 1.29 is 4.79 Å². The van der Waals surface area contributed by atoms with Gasteiger partial charge in [-0.15, -0.1) is 5.10 Å². The van der Waals surface area contributed by atoms with Crippen LogP contribution in [0, 0.1) is 0 Å². The average Bonchev–Trinajstić information content (AvgIpc) is 3.48. The fourth-order valence-corrected chi connectivity index (χ4v) is 4.18. The molecular weight excluding hydrogens is 408 g/mol. The van der Waals surface area contributed by atoms with Gasteiger partial charge in [-0.3, -0.25) is 4.79 Å². The summed E-state index contributed by atoms with van der Waals surface area (Å²) in [5, 5.41) is 15.7. The van der Waals surface area contributed by atoms with E-state index >= 15 is 0 Å². The second kappa shape index (κ2) is 8.22. The zero-order chi connectivity index (χ0) is 22.1. The number of nitrogens with zero attached hydrogens (tertiary/aromatic N) is 8. The number of benzene rings is 2. The first-order valence-corrected chi connectivity index (χ1v) is 10.5. The number of aromatic nitrogens is 7. The quantitative estimate of drug-likeness (QED) is 0.487. The first kappa shape index (κ1) is 19.9. The van der Waals surface area contributed by atoms with Crippen molar-refractivity contribution in [3.05, 3.63) is 82.8 Å². The number of hydrogen-bond acceptors (Lipinski definition) is 6. The zero-order valence-electron chi connectivity index (χ0n) is 17.6. The number of carbonyl (C=O) groups is 1. The van der Waals surface area contributed by atoms with E-state index in [0.717, 1.165) is 24.2 Å². The van der Waals surface area contributed by atoms with Crippen LogP contribution in [0.4, 0.5) is 0 Å². The monoisotopic (exact) mass is 430 g/mol. The summed E-state index contributed by atoms with van der Waals surface area (Å²) in [6.07, 6.45) is 3.19. The van der Waals surface area contributed by atoms with Gasteiger partial charge < -0.3 is 4.90 Å². The van der Waals surface area contributed by atoms with E-state index in [2.05, 4.69) is 20.6 Å². The Labute approximate surface area is 183 Å². The van der Waals surface area contributed by atoms with Crippen LogP contribution in [-0.4, -0.2) is 58.5 Å². The molecule has 1 amide bonds. The highest BCUT2D eigenvalue weighted by Gasteiger charge is 2.30. The second-order valence-electron chi connectivity index (χ2n) is 7.83. The molecule has 0 N–H and O–H groups in total. The number of hydrogen-bond donors (Lipinski definition) is 0. The minimum Gasteiger partial charge on any atom is -0.338 e. The van der Waals surface area contributed by atoms with Gasteiger partial charge in [-0.1, -0.05) is 24.3 Å². The number of para-hydroxylation sites is 1. The van der Waals surface area contributed by atoms with Gasteiger partial charge in [0.15, 0.2) is 0 Å². The summed E-state index contributed by atoms with van der Waals surface area (Å²) < 4.78 is 4.53. The van der Waals surface area contributed by atoms with Crippen LogP contribution in [0.1, 0.15) is 34.9 Å². The summed E-state index contributed by atoms with van der Waals surface area (Å²) in [5.41, 5.74) is 1.87. The second-order valence-corrected chi connectivity index (χ2v) is 7.83. The highest BCUT2D eigenvalue weighted by Crippen LogP contribution is 2.27. The lowest BCUT2D eigenvalue weighted by Crippen LogP contribution is -2.40. The van der Waals surface area contributed by atoms with E-state index in [1.807, 2.05) is 47.4 Å². The minimum atomic E-state index is -0.191. The molecule has 2 aromatic heterocycles. The summed E-state index contributed by atoms with van der Waals surface area (Å²) in [6, 6.07) is 16.7. The first-order chi connectivity index (χ1) is 15.6. The Morgan fingerprint density at radius 1 is 1.06 bits per heavy atom. The van der Waals surface area contributed by atoms with Crippen LogP contribution in [0.5, 0.6) is 0 Å². The number of amides is 1. The molecular formula is C22H22N8O2. The maximum absolute atomic E-state index is 13.3. The molecule has 1 aliphatic heterocycles. The Morgan fingerprint density at radius 2 is 1.88 bits per heavy atom. The molecule has 4 aromatic rings. The number of carbonyl (C=O) groups excluding carboxylic acids is 1. The highest BCUT2D eigenvalue weighted by molar-refractivity contribution is 5.94. The molecule has 0 aliphatic carbocycles. The summed E-state index contributed by atoms with van der Waals surface area (Å²) >= 11 is 0. The predicted octanol–water partition coefficient (Wildman–Crippen LogP) is 1.57. The van der Waals surface area contributed by atoms with Crippen molar-refractivity contribution in [2.45, 2.75) is 18.8 Å². The molecule has 3 heterocycles. The lowest BCUT2D eigenvalue weighted by molar-refractivity contribution is 0.0703. The van der Waals surface area contributed by atoms with Crippen molar-refractivity contribution in [1.29, 1.82) is 0 Å². The Balaban J connectivity index is 1.43. The topological polar surface area (TPSA) is 104 Å². The summed E-state index contributed by atoms with van der Waals surface area (Å²) in [5.74, 6) is 0.585. The van der Waals surface area contributed by atoms with Crippen LogP contribution in [0.2, 0.25) is 0 Å². The third kappa shape index (κ3) is 3.59. The van der Waals surface area contributed by atoms with Crippen molar-refractivity contribution in [2.75, 3.05) is 13.1 Å². The molecule has 1 atom stereocenters. The third-order valence-electron chi connectivity index (χ3n) is 5.74. The van der Waals surface area contributed by atoms with Crippen molar-refractivity contribution in [3.63, 3.8) is 0 Å². The van der Waals surface area contributed by atoms with E-state index in [1.54, 1.807) is 23.7 Å². The minimum absolute atomic E-state index is 0.0375. The van der Waals surface area contributed by atoms with Gasteiger partial charge in [0.1, 0.15) is 12.2 Å². The van der Waals surface area contributed by atoms with E-state index in [4.69, 9.17) is 0 Å². The number of tetrazole rings is 1. The Hall–Kier alpha value is -4.08. The number of likely N-dealkylation sites (tertiary alicyclic amines) is 1. The SMILES string of the molecule is Cn1nc(C2CCCN(C(=O)c3cccc(-n4cnnn4)c3)C2)n(-c2ccccc2)c1=O. The molecule has 5 rings (SSSR count). The molecule has 1 fully saturated rings. The fraction of sp³-hybridized carbons (Fsp3) is 0.273. The lowest BCUT2D eigenvalue weighted by Gasteiger charge is -2.32. The van der Waals surface area contributed by atoms with E-state index in [9.17, 15) is 9.59 Å². The maximum Gasteiger partial charge on any atom is 0.350 e. The number of piperidine rings is 1. The zero-order valence-corrected chi connectivity index (χ0v) is 17.6. The third-order valence-corrected chi connectivity index (χ3v) is 5.74. The molecule has 0 saturated carbocycles. The Morgan fingerprint density at radius 3 is 2.66 bits per heavy atom. The van der Waals surface area contributed by atoms with Crippen molar-refractivity contribution in [2.24, 2.45) is 7.05 Å². The fourth-order valence-electron chi connectivity index (χ4n) is 4.18. The molecule has 32 heavy (non-hydrogen) atoms. The molecule has 0 radical (unpaired) electrons. The predicted molar refractivity (Wildman–Crippen MR) is 116 cm³/mol. The van der Waals surface area contributed by atoms with Gasteiger partial charge >= 0.3 is 5.69 Å². The van der Waals surface area contributed by atoms with Crippen molar-refractivity contribution in [3.8, 4) is 11.4 Å². The molecule has 1 aliphatic rings. The summed E-state index contributed by atoms with van der Waals surface area (Å²) in [4.78, 5) is 27.9. The Bertz CT molecular complexity index is 1290. The smallest absolute Gasteiger partial charge is 0.338 e. The van der Waals surface area contributed by atoms with Crippen molar-refractivity contribution in [1.82, 2.24) is 39.5 Å². The van der Waals surface area contributed by atoms with Crippen molar-refractivity contribution >= 4 is 5.91 Å². The van der Waals surface area contributed by atoms with E-state index in [-0.39, 0.29) is 17.5 Å². The van der Waals surface area contributed by atoms with Crippen LogP contribution < -0.4 is 5.69 Å². The van der Waals surface area contributed by atoms with Gasteiger partial charge in [0.05, 0.1) is 11.4 Å². The largest absolute Gasteiger partial charge is 0.350 e. The van der Waals surface area contributed by atoms with Gasteiger partial charge in [-0.25, -0.2) is 18.7 Å².